The van der Waals surface area contributed by atoms with E-state index in [-0.39, 0.29) is 30.3 Å². The van der Waals surface area contributed by atoms with Crippen molar-refractivity contribution in [3.05, 3.63) is 71.8 Å². The maximum absolute atomic E-state index is 14.2. The fourth-order valence-corrected chi connectivity index (χ4v) is 3.95. The van der Waals surface area contributed by atoms with Gasteiger partial charge in [0.2, 0.25) is 5.91 Å². The minimum atomic E-state index is -0.486. The van der Waals surface area contributed by atoms with Crippen molar-refractivity contribution >= 4 is 23.4 Å². The van der Waals surface area contributed by atoms with Gasteiger partial charge in [0.1, 0.15) is 5.82 Å². The molecule has 2 aromatic carbocycles. The number of carbonyl (C=O) groups is 1. The van der Waals surface area contributed by atoms with E-state index < -0.39 is 5.82 Å². The van der Waals surface area contributed by atoms with Crippen LogP contribution in [0.15, 0.2) is 60.0 Å². The number of para-hydroxylation sites is 1. The molecule has 0 fully saturated rings. The molecule has 0 N–H and O–H groups in total. The monoisotopic (exact) mass is 408 g/mol. The fourth-order valence-electron chi connectivity index (χ4n) is 3.10. The van der Waals surface area contributed by atoms with E-state index in [2.05, 4.69) is 23.2 Å². The highest BCUT2D eigenvalue weighted by Crippen LogP contribution is 2.25. The lowest BCUT2D eigenvalue weighted by Gasteiger charge is -2.22. The van der Waals surface area contributed by atoms with Crippen LogP contribution in [0.25, 0.3) is 5.69 Å². The third-order valence-electron chi connectivity index (χ3n) is 4.31. The first-order valence-electron chi connectivity index (χ1n) is 9.16. The van der Waals surface area contributed by atoms with Crippen LogP contribution in [0, 0.1) is 31.0 Å². The Morgan fingerprint density at radius 1 is 1.24 bits per heavy atom. The van der Waals surface area contributed by atoms with E-state index in [1.54, 1.807) is 24.4 Å². The van der Waals surface area contributed by atoms with E-state index in [4.69, 9.17) is 5.26 Å². The number of aromatic nitrogens is 2. The summed E-state index contributed by atoms with van der Waals surface area (Å²) >= 11 is 1.29. The molecule has 0 spiro atoms. The number of aryl methyl sites for hydroxylation is 2. The summed E-state index contributed by atoms with van der Waals surface area (Å²) in [5.74, 6) is -0.674. The summed E-state index contributed by atoms with van der Waals surface area (Å²) in [4.78, 5) is 18.5. The van der Waals surface area contributed by atoms with E-state index in [0.29, 0.717) is 5.16 Å². The van der Waals surface area contributed by atoms with E-state index >= 15 is 0 Å². The number of amides is 1. The molecule has 1 aromatic heterocycles. The van der Waals surface area contributed by atoms with Crippen LogP contribution in [0.4, 0.5) is 10.1 Å². The zero-order valence-corrected chi connectivity index (χ0v) is 17.1. The van der Waals surface area contributed by atoms with Gasteiger partial charge in [-0.3, -0.25) is 9.36 Å². The SMILES string of the molecule is Cc1cc(C)cc(-n2ccnc2SCC(=O)N(CCC#N)c2ccccc2F)c1. The number of imidazole rings is 1. The molecule has 0 bridgehead atoms. The first-order valence-corrected chi connectivity index (χ1v) is 10.1. The summed E-state index contributed by atoms with van der Waals surface area (Å²) < 4.78 is 16.1. The molecule has 0 saturated heterocycles. The molecule has 0 radical (unpaired) electrons. The van der Waals surface area contributed by atoms with Crippen molar-refractivity contribution in [2.24, 2.45) is 0 Å². The second-order valence-electron chi connectivity index (χ2n) is 6.62. The average Bonchev–Trinajstić information content (AvgIpc) is 3.16. The number of nitrogens with zero attached hydrogens (tertiary/aromatic N) is 4. The zero-order chi connectivity index (χ0) is 20.8. The lowest BCUT2D eigenvalue weighted by Crippen LogP contribution is -2.34. The second-order valence-corrected chi connectivity index (χ2v) is 7.56. The van der Waals surface area contributed by atoms with Gasteiger partial charge >= 0.3 is 0 Å². The molecule has 0 aliphatic heterocycles. The van der Waals surface area contributed by atoms with Crippen molar-refractivity contribution < 1.29 is 9.18 Å². The number of hydrogen-bond acceptors (Lipinski definition) is 4. The van der Waals surface area contributed by atoms with Gasteiger partial charge in [-0.2, -0.15) is 5.26 Å². The van der Waals surface area contributed by atoms with Gasteiger partial charge < -0.3 is 4.90 Å². The number of rotatable bonds is 7. The standard InChI is InChI=1S/C22H21FN4OS/c1-16-12-17(2)14-18(13-16)26-11-9-25-22(26)29-15-21(28)27(10-5-8-24)20-7-4-3-6-19(20)23/h3-4,6-7,9,11-14H,5,10,15H2,1-2H3. The van der Waals surface area contributed by atoms with Crippen LogP contribution < -0.4 is 4.90 Å². The Hall–Kier alpha value is -3.11. The molecule has 3 rings (SSSR count). The Bertz CT molecular complexity index is 1040. The molecule has 0 saturated carbocycles. The predicted molar refractivity (Wildman–Crippen MR) is 113 cm³/mol. The van der Waals surface area contributed by atoms with Gasteiger partial charge in [0.05, 0.1) is 23.9 Å². The van der Waals surface area contributed by atoms with Crippen molar-refractivity contribution in [2.75, 3.05) is 17.2 Å². The summed E-state index contributed by atoms with van der Waals surface area (Å²) in [6.45, 7) is 4.21. The molecule has 0 aliphatic carbocycles. The second kappa shape index (κ2) is 9.39. The maximum atomic E-state index is 14.2. The lowest BCUT2D eigenvalue weighted by molar-refractivity contribution is -0.116. The van der Waals surface area contributed by atoms with Gasteiger partial charge in [-0.25, -0.2) is 9.37 Å². The molecule has 0 atom stereocenters. The van der Waals surface area contributed by atoms with E-state index in [9.17, 15) is 9.18 Å². The summed E-state index contributed by atoms with van der Waals surface area (Å²) in [5.41, 5.74) is 3.45. The minimum absolute atomic E-state index is 0.0849. The normalized spacial score (nSPS) is 10.6. The van der Waals surface area contributed by atoms with Crippen LogP contribution in [0.5, 0.6) is 0 Å². The van der Waals surface area contributed by atoms with Crippen LogP contribution in [-0.2, 0) is 4.79 Å². The maximum Gasteiger partial charge on any atom is 0.237 e. The van der Waals surface area contributed by atoms with Crippen LogP contribution in [0.2, 0.25) is 0 Å². The van der Waals surface area contributed by atoms with Gasteiger partial charge in [-0.15, -0.1) is 0 Å². The summed E-state index contributed by atoms with van der Waals surface area (Å²) in [7, 11) is 0. The summed E-state index contributed by atoms with van der Waals surface area (Å²) in [5, 5.41) is 9.58. The van der Waals surface area contributed by atoms with Crippen molar-refractivity contribution in [3.63, 3.8) is 0 Å². The zero-order valence-electron chi connectivity index (χ0n) is 16.3. The van der Waals surface area contributed by atoms with E-state index in [1.807, 2.05) is 30.7 Å². The Kier molecular flexibility index (Phi) is 6.68. The average molecular weight is 409 g/mol. The Balaban J connectivity index is 1.78. The molecule has 5 nitrogen and oxygen atoms in total. The van der Waals surface area contributed by atoms with Crippen LogP contribution in [0.3, 0.4) is 0 Å². The van der Waals surface area contributed by atoms with Gasteiger partial charge in [0, 0.05) is 24.6 Å². The highest BCUT2D eigenvalue weighted by atomic mass is 32.2. The minimum Gasteiger partial charge on any atom is -0.308 e. The Labute approximate surface area is 173 Å². The van der Waals surface area contributed by atoms with Crippen LogP contribution in [0.1, 0.15) is 17.5 Å². The number of hydrogen-bond donors (Lipinski definition) is 0. The van der Waals surface area contributed by atoms with Gasteiger partial charge in [0.15, 0.2) is 5.16 Å². The van der Waals surface area contributed by atoms with Crippen molar-refractivity contribution in [2.45, 2.75) is 25.4 Å². The van der Waals surface area contributed by atoms with Gasteiger partial charge in [-0.1, -0.05) is 30.0 Å². The number of halogens is 1. The third-order valence-corrected chi connectivity index (χ3v) is 5.26. The highest BCUT2D eigenvalue weighted by Gasteiger charge is 2.20. The number of thioether (sulfide) groups is 1. The number of carbonyl (C=O) groups excluding carboxylic acids is 1. The molecule has 29 heavy (non-hydrogen) atoms. The van der Waals surface area contributed by atoms with Gasteiger partial charge in [-0.05, 0) is 49.2 Å². The number of benzene rings is 2. The smallest absolute Gasteiger partial charge is 0.237 e. The molecular weight excluding hydrogens is 387 g/mol. The quantitative estimate of drug-likeness (QED) is 0.533. The largest absolute Gasteiger partial charge is 0.308 e. The number of anilines is 1. The Morgan fingerprint density at radius 3 is 2.66 bits per heavy atom. The molecule has 1 heterocycles. The van der Waals surface area contributed by atoms with Crippen LogP contribution in [-0.4, -0.2) is 27.8 Å². The van der Waals surface area contributed by atoms with Crippen molar-refractivity contribution in [1.29, 1.82) is 5.26 Å². The highest BCUT2D eigenvalue weighted by molar-refractivity contribution is 7.99. The third kappa shape index (κ3) is 5.04. The fraction of sp³-hybridized carbons (Fsp3) is 0.227. The molecule has 1 amide bonds. The lowest BCUT2D eigenvalue weighted by atomic mass is 10.1. The topological polar surface area (TPSA) is 61.9 Å². The predicted octanol–water partition coefficient (Wildman–Crippen LogP) is 4.67. The van der Waals surface area contributed by atoms with Crippen molar-refractivity contribution in [3.8, 4) is 11.8 Å². The first kappa shape index (κ1) is 20.6. The van der Waals surface area contributed by atoms with Gasteiger partial charge in [0.25, 0.3) is 0 Å². The molecular formula is C22H21FN4OS. The number of nitriles is 1. The van der Waals surface area contributed by atoms with Crippen molar-refractivity contribution in [1.82, 2.24) is 9.55 Å². The van der Waals surface area contributed by atoms with Crippen LogP contribution >= 0.6 is 11.8 Å². The molecule has 0 unspecified atom stereocenters. The Morgan fingerprint density at radius 2 is 1.97 bits per heavy atom. The molecule has 3 aromatic rings. The molecule has 0 aliphatic rings. The van der Waals surface area contributed by atoms with E-state index in [1.165, 1.54) is 22.7 Å². The van der Waals surface area contributed by atoms with E-state index in [0.717, 1.165) is 16.8 Å². The summed E-state index contributed by atoms with van der Waals surface area (Å²) in [6, 6.07) is 14.3. The summed E-state index contributed by atoms with van der Waals surface area (Å²) in [6.07, 6.45) is 3.67. The molecule has 7 heteroatoms. The first-order chi connectivity index (χ1) is 14.0. The molecule has 148 valence electrons.